The molecule has 0 heterocycles. The first kappa shape index (κ1) is 22.0. The van der Waals surface area contributed by atoms with Gasteiger partial charge in [0.05, 0.1) is 0 Å². The van der Waals surface area contributed by atoms with Crippen LogP contribution in [0.3, 0.4) is 0 Å². The van der Waals surface area contributed by atoms with E-state index in [0.717, 1.165) is 24.0 Å². The molecule has 4 nitrogen and oxygen atoms in total. The molecule has 2 rings (SSSR count). The topological polar surface area (TPSA) is 49.4 Å². The number of hydrogen-bond donors (Lipinski definition) is 1. The summed E-state index contributed by atoms with van der Waals surface area (Å²) in [4.78, 5) is 27.6. The number of carbonyl (C=O) groups excluding carboxylic acids is 2. The molecule has 0 unspecified atom stereocenters. The molecule has 0 aliphatic rings. The molecule has 0 aliphatic heterocycles. The van der Waals surface area contributed by atoms with Gasteiger partial charge in [0.15, 0.2) is 0 Å². The van der Waals surface area contributed by atoms with E-state index in [1.165, 1.54) is 0 Å². The third-order valence-electron chi connectivity index (χ3n) is 4.53. The average molecular weight is 401 g/mol. The third kappa shape index (κ3) is 6.68. The highest BCUT2D eigenvalue weighted by Gasteiger charge is 2.29. The van der Waals surface area contributed by atoms with Gasteiger partial charge in [0.25, 0.3) is 0 Å². The number of rotatable bonds is 10. The smallest absolute Gasteiger partial charge is 0.243 e. The Morgan fingerprint density at radius 2 is 1.71 bits per heavy atom. The van der Waals surface area contributed by atoms with E-state index < -0.39 is 6.04 Å². The molecule has 0 aromatic heterocycles. The van der Waals surface area contributed by atoms with Gasteiger partial charge in [-0.3, -0.25) is 9.59 Å². The summed E-state index contributed by atoms with van der Waals surface area (Å²) >= 11 is 6.13. The molecule has 0 saturated carbocycles. The zero-order valence-electron chi connectivity index (χ0n) is 16.7. The lowest BCUT2D eigenvalue weighted by Crippen LogP contribution is -2.50. The van der Waals surface area contributed by atoms with Crippen LogP contribution in [0.4, 0.5) is 0 Å². The molecule has 0 bridgehead atoms. The van der Waals surface area contributed by atoms with E-state index >= 15 is 0 Å². The van der Waals surface area contributed by atoms with Crippen LogP contribution in [0.25, 0.3) is 0 Å². The standard InChI is InChI=1S/C23H29ClN2O2/c1-3-9-22(27)26(17-19-12-8-13-20(24)15-19)21(23(28)25-14-4-2)16-18-10-6-5-7-11-18/h5-8,10-13,15,21H,3-4,9,14,16-17H2,1-2H3,(H,25,28)/t21-/m0/s1. The summed E-state index contributed by atoms with van der Waals surface area (Å²) in [5, 5.41) is 3.59. The maximum Gasteiger partial charge on any atom is 0.243 e. The molecular formula is C23H29ClN2O2. The Labute approximate surface area is 172 Å². The van der Waals surface area contributed by atoms with Crippen molar-refractivity contribution in [2.45, 2.75) is 52.1 Å². The minimum Gasteiger partial charge on any atom is -0.354 e. The van der Waals surface area contributed by atoms with Gasteiger partial charge in [0.2, 0.25) is 11.8 Å². The Hall–Kier alpha value is -2.33. The van der Waals surface area contributed by atoms with Crippen LogP contribution in [0.1, 0.15) is 44.2 Å². The lowest BCUT2D eigenvalue weighted by Gasteiger charge is -2.31. The Balaban J connectivity index is 2.34. The molecule has 0 spiro atoms. The zero-order chi connectivity index (χ0) is 20.4. The van der Waals surface area contributed by atoms with E-state index in [1.54, 1.807) is 11.0 Å². The van der Waals surface area contributed by atoms with Crippen LogP contribution in [0.5, 0.6) is 0 Å². The zero-order valence-corrected chi connectivity index (χ0v) is 17.4. The van der Waals surface area contributed by atoms with Crippen molar-refractivity contribution >= 4 is 23.4 Å². The quantitative estimate of drug-likeness (QED) is 0.633. The first-order valence-electron chi connectivity index (χ1n) is 9.90. The van der Waals surface area contributed by atoms with Crippen LogP contribution in [0.2, 0.25) is 5.02 Å². The lowest BCUT2D eigenvalue weighted by molar-refractivity contribution is -0.141. The largest absolute Gasteiger partial charge is 0.354 e. The second-order valence-electron chi connectivity index (χ2n) is 6.90. The van der Waals surface area contributed by atoms with Crippen LogP contribution in [0.15, 0.2) is 54.6 Å². The predicted octanol–water partition coefficient (Wildman–Crippen LogP) is 4.61. The highest BCUT2D eigenvalue weighted by Crippen LogP contribution is 2.18. The third-order valence-corrected chi connectivity index (χ3v) is 4.76. The van der Waals surface area contributed by atoms with Crippen molar-refractivity contribution in [3.05, 3.63) is 70.7 Å². The molecule has 2 aromatic carbocycles. The van der Waals surface area contributed by atoms with E-state index in [9.17, 15) is 9.59 Å². The normalized spacial score (nSPS) is 11.7. The maximum atomic E-state index is 13.0. The van der Waals surface area contributed by atoms with Gasteiger partial charge in [-0.2, -0.15) is 0 Å². The second kappa shape index (κ2) is 11.5. The van der Waals surface area contributed by atoms with E-state index in [-0.39, 0.29) is 11.8 Å². The Bertz CT molecular complexity index is 764. The van der Waals surface area contributed by atoms with Gasteiger partial charge >= 0.3 is 0 Å². The summed E-state index contributed by atoms with van der Waals surface area (Å²) in [7, 11) is 0. The van der Waals surface area contributed by atoms with Crippen LogP contribution in [-0.2, 0) is 22.6 Å². The molecule has 2 amide bonds. The average Bonchev–Trinajstić information content (AvgIpc) is 2.69. The number of benzene rings is 2. The number of nitrogens with one attached hydrogen (secondary N) is 1. The van der Waals surface area contributed by atoms with Crippen molar-refractivity contribution in [3.8, 4) is 0 Å². The first-order chi connectivity index (χ1) is 13.5. The van der Waals surface area contributed by atoms with Crippen molar-refractivity contribution in [3.63, 3.8) is 0 Å². The van der Waals surface area contributed by atoms with E-state index in [4.69, 9.17) is 11.6 Å². The number of amides is 2. The highest BCUT2D eigenvalue weighted by molar-refractivity contribution is 6.30. The molecule has 0 fully saturated rings. The Morgan fingerprint density at radius 3 is 2.36 bits per heavy atom. The molecule has 0 radical (unpaired) electrons. The molecule has 1 N–H and O–H groups in total. The minimum atomic E-state index is -0.563. The minimum absolute atomic E-state index is 0.0185. The molecule has 0 saturated heterocycles. The molecule has 2 aromatic rings. The monoisotopic (exact) mass is 400 g/mol. The summed E-state index contributed by atoms with van der Waals surface area (Å²) in [6.07, 6.45) is 2.47. The van der Waals surface area contributed by atoms with Gasteiger partial charge in [0.1, 0.15) is 6.04 Å². The van der Waals surface area contributed by atoms with Gasteiger partial charge in [-0.25, -0.2) is 0 Å². The van der Waals surface area contributed by atoms with Gasteiger partial charge < -0.3 is 10.2 Å². The van der Waals surface area contributed by atoms with Crippen molar-refractivity contribution in [2.24, 2.45) is 0 Å². The maximum absolute atomic E-state index is 13.0. The molecule has 150 valence electrons. The molecule has 5 heteroatoms. The summed E-state index contributed by atoms with van der Waals surface area (Å²) in [5.41, 5.74) is 1.94. The van der Waals surface area contributed by atoms with Gasteiger partial charge in [-0.05, 0) is 36.1 Å². The fraction of sp³-hybridized carbons (Fsp3) is 0.391. The van der Waals surface area contributed by atoms with Crippen molar-refractivity contribution in [1.82, 2.24) is 10.2 Å². The predicted molar refractivity (Wildman–Crippen MR) is 114 cm³/mol. The highest BCUT2D eigenvalue weighted by atomic mass is 35.5. The summed E-state index contributed by atoms with van der Waals surface area (Å²) in [6.45, 7) is 4.94. The number of nitrogens with zero attached hydrogens (tertiary/aromatic N) is 1. The Kier molecular flexibility index (Phi) is 9.02. The number of halogens is 1. The first-order valence-corrected chi connectivity index (χ1v) is 10.3. The lowest BCUT2D eigenvalue weighted by atomic mass is 10.0. The number of carbonyl (C=O) groups is 2. The molecule has 28 heavy (non-hydrogen) atoms. The fourth-order valence-electron chi connectivity index (χ4n) is 3.11. The number of hydrogen-bond acceptors (Lipinski definition) is 2. The van der Waals surface area contributed by atoms with Gasteiger partial charge in [0, 0.05) is 31.0 Å². The van der Waals surface area contributed by atoms with Crippen LogP contribution < -0.4 is 5.32 Å². The summed E-state index contributed by atoms with van der Waals surface area (Å²) in [5.74, 6) is -0.132. The second-order valence-corrected chi connectivity index (χ2v) is 7.33. The summed E-state index contributed by atoms with van der Waals surface area (Å²) in [6, 6.07) is 16.7. The van der Waals surface area contributed by atoms with Crippen LogP contribution in [-0.4, -0.2) is 29.3 Å². The van der Waals surface area contributed by atoms with Crippen LogP contribution >= 0.6 is 11.6 Å². The van der Waals surface area contributed by atoms with Crippen LogP contribution in [0, 0.1) is 0 Å². The van der Waals surface area contributed by atoms with E-state index in [0.29, 0.717) is 31.0 Å². The van der Waals surface area contributed by atoms with Crippen molar-refractivity contribution < 1.29 is 9.59 Å². The summed E-state index contributed by atoms with van der Waals surface area (Å²) < 4.78 is 0. The van der Waals surface area contributed by atoms with Gasteiger partial charge in [-0.15, -0.1) is 0 Å². The molecule has 1 atom stereocenters. The van der Waals surface area contributed by atoms with Gasteiger partial charge in [-0.1, -0.05) is 67.9 Å². The fourth-order valence-corrected chi connectivity index (χ4v) is 3.32. The van der Waals surface area contributed by atoms with Crippen molar-refractivity contribution in [1.29, 1.82) is 0 Å². The molecule has 0 aliphatic carbocycles. The van der Waals surface area contributed by atoms with Crippen molar-refractivity contribution in [2.75, 3.05) is 6.54 Å². The molecular weight excluding hydrogens is 372 g/mol. The Morgan fingerprint density at radius 1 is 1.00 bits per heavy atom. The SMILES string of the molecule is CCCNC(=O)[C@H](Cc1ccccc1)N(Cc1cccc(Cl)c1)C(=O)CCC. The van der Waals surface area contributed by atoms with E-state index in [1.807, 2.05) is 62.4 Å². The van der Waals surface area contributed by atoms with E-state index in [2.05, 4.69) is 5.32 Å².